The maximum atomic E-state index is 12.0. The standard InChI is InChI=1S/C17H20N2O/c1-13(2)15(14-8-4-3-5-9-14)12-19-17(20)16-10-6-7-11-18-16/h3-11,13,15H,12H2,1-2H3,(H,19,20)/t15-/m1/s1. The Bertz CT molecular complexity index is 537. The van der Waals surface area contributed by atoms with Crippen LogP contribution in [0.2, 0.25) is 0 Å². The van der Waals surface area contributed by atoms with E-state index in [2.05, 4.69) is 36.3 Å². The first kappa shape index (κ1) is 14.3. The molecule has 1 amide bonds. The van der Waals surface area contributed by atoms with Crippen LogP contribution in [0.3, 0.4) is 0 Å². The summed E-state index contributed by atoms with van der Waals surface area (Å²) in [5, 5.41) is 2.98. The number of hydrogen-bond donors (Lipinski definition) is 1. The van der Waals surface area contributed by atoms with Crippen LogP contribution in [0, 0.1) is 5.92 Å². The van der Waals surface area contributed by atoms with Crippen molar-refractivity contribution in [3.8, 4) is 0 Å². The van der Waals surface area contributed by atoms with E-state index in [9.17, 15) is 4.79 Å². The summed E-state index contributed by atoms with van der Waals surface area (Å²) in [5.41, 5.74) is 1.71. The smallest absolute Gasteiger partial charge is 0.269 e. The maximum absolute atomic E-state index is 12.0. The molecule has 3 nitrogen and oxygen atoms in total. The molecular formula is C17H20N2O. The molecule has 1 heterocycles. The molecule has 0 saturated heterocycles. The average molecular weight is 268 g/mol. The van der Waals surface area contributed by atoms with E-state index in [0.717, 1.165) is 0 Å². The van der Waals surface area contributed by atoms with Crippen molar-refractivity contribution in [2.24, 2.45) is 5.92 Å². The molecule has 20 heavy (non-hydrogen) atoms. The lowest BCUT2D eigenvalue weighted by molar-refractivity contribution is 0.0944. The molecule has 2 rings (SSSR count). The summed E-state index contributed by atoms with van der Waals surface area (Å²) in [6, 6.07) is 15.6. The lowest BCUT2D eigenvalue weighted by Crippen LogP contribution is -2.30. The zero-order valence-electron chi connectivity index (χ0n) is 11.9. The SMILES string of the molecule is CC(C)[C@@H](CNC(=O)c1ccccn1)c1ccccc1. The van der Waals surface area contributed by atoms with Crippen molar-refractivity contribution in [1.82, 2.24) is 10.3 Å². The number of benzene rings is 1. The van der Waals surface area contributed by atoms with Gasteiger partial charge in [-0.25, -0.2) is 0 Å². The van der Waals surface area contributed by atoms with Crippen LogP contribution < -0.4 is 5.32 Å². The largest absolute Gasteiger partial charge is 0.350 e. The first-order valence-corrected chi connectivity index (χ1v) is 6.92. The summed E-state index contributed by atoms with van der Waals surface area (Å²) in [7, 11) is 0. The van der Waals surface area contributed by atoms with Gasteiger partial charge in [-0.1, -0.05) is 50.2 Å². The summed E-state index contributed by atoms with van der Waals surface area (Å²) < 4.78 is 0. The molecule has 1 aromatic carbocycles. The van der Waals surface area contributed by atoms with Gasteiger partial charge in [0.15, 0.2) is 0 Å². The van der Waals surface area contributed by atoms with Crippen LogP contribution in [0.1, 0.15) is 35.8 Å². The number of aromatic nitrogens is 1. The Balaban J connectivity index is 2.02. The third-order valence-electron chi connectivity index (χ3n) is 3.41. The van der Waals surface area contributed by atoms with Gasteiger partial charge in [-0.15, -0.1) is 0 Å². The van der Waals surface area contributed by atoms with Gasteiger partial charge in [0.25, 0.3) is 5.91 Å². The van der Waals surface area contributed by atoms with E-state index in [4.69, 9.17) is 0 Å². The topological polar surface area (TPSA) is 42.0 Å². The Morgan fingerprint density at radius 2 is 1.80 bits per heavy atom. The molecule has 0 fully saturated rings. The van der Waals surface area contributed by atoms with Crippen LogP contribution >= 0.6 is 0 Å². The number of amides is 1. The Kier molecular flexibility index (Phi) is 4.88. The quantitative estimate of drug-likeness (QED) is 0.904. The maximum Gasteiger partial charge on any atom is 0.269 e. The summed E-state index contributed by atoms with van der Waals surface area (Å²) in [5.74, 6) is 0.650. The Morgan fingerprint density at radius 3 is 2.40 bits per heavy atom. The van der Waals surface area contributed by atoms with E-state index < -0.39 is 0 Å². The van der Waals surface area contributed by atoms with E-state index in [1.165, 1.54) is 5.56 Å². The third kappa shape index (κ3) is 3.67. The van der Waals surface area contributed by atoms with Crippen molar-refractivity contribution in [3.05, 3.63) is 66.0 Å². The fourth-order valence-corrected chi connectivity index (χ4v) is 2.23. The number of nitrogens with zero attached hydrogens (tertiary/aromatic N) is 1. The second kappa shape index (κ2) is 6.85. The zero-order valence-corrected chi connectivity index (χ0v) is 11.9. The summed E-state index contributed by atoms with van der Waals surface area (Å²) in [4.78, 5) is 16.1. The second-order valence-electron chi connectivity index (χ2n) is 5.19. The number of pyridine rings is 1. The van der Waals surface area contributed by atoms with Gasteiger partial charge in [-0.05, 0) is 23.6 Å². The molecule has 1 N–H and O–H groups in total. The lowest BCUT2D eigenvalue weighted by atomic mass is 9.88. The van der Waals surface area contributed by atoms with E-state index in [-0.39, 0.29) is 5.91 Å². The van der Waals surface area contributed by atoms with Crippen molar-refractivity contribution in [2.75, 3.05) is 6.54 Å². The predicted molar refractivity (Wildman–Crippen MR) is 80.6 cm³/mol. The Labute approximate surface area is 120 Å². The molecule has 104 valence electrons. The molecule has 3 heteroatoms. The van der Waals surface area contributed by atoms with E-state index in [1.54, 1.807) is 18.3 Å². The highest BCUT2D eigenvalue weighted by molar-refractivity contribution is 5.92. The molecule has 0 saturated carbocycles. The monoisotopic (exact) mass is 268 g/mol. The van der Waals surface area contributed by atoms with Crippen molar-refractivity contribution in [2.45, 2.75) is 19.8 Å². The summed E-state index contributed by atoms with van der Waals surface area (Å²) in [6.45, 7) is 4.96. The first-order chi connectivity index (χ1) is 9.68. The fraction of sp³-hybridized carbons (Fsp3) is 0.294. The molecule has 0 bridgehead atoms. The van der Waals surface area contributed by atoms with E-state index in [0.29, 0.717) is 24.1 Å². The molecule has 1 atom stereocenters. The fourth-order valence-electron chi connectivity index (χ4n) is 2.23. The minimum Gasteiger partial charge on any atom is -0.350 e. The molecule has 0 aliphatic rings. The highest BCUT2D eigenvalue weighted by Crippen LogP contribution is 2.23. The van der Waals surface area contributed by atoms with Gasteiger partial charge in [-0.3, -0.25) is 9.78 Å². The number of carbonyl (C=O) groups excluding carboxylic acids is 1. The lowest BCUT2D eigenvalue weighted by Gasteiger charge is -2.21. The second-order valence-corrected chi connectivity index (χ2v) is 5.19. The Morgan fingerprint density at radius 1 is 1.10 bits per heavy atom. The number of nitrogens with one attached hydrogen (secondary N) is 1. The summed E-state index contributed by atoms with van der Waals surface area (Å²) >= 11 is 0. The molecule has 0 radical (unpaired) electrons. The van der Waals surface area contributed by atoms with Gasteiger partial charge in [0.05, 0.1) is 0 Å². The molecule has 0 aliphatic heterocycles. The number of rotatable bonds is 5. The van der Waals surface area contributed by atoms with Gasteiger partial charge >= 0.3 is 0 Å². The van der Waals surface area contributed by atoms with Crippen LogP contribution in [-0.2, 0) is 0 Å². The van der Waals surface area contributed by atoms with Crippen LogP contribution in [0.15, 0.2) is 54.7 Å². The highest BCUT2D eigenvalue weighted by atomic mass is 16.1. The molecule has 0 spiro atoms. The summed E-state index contributed by atoms with van der Waals surface area (Å²) in [6.07, 6.45) is 1.63. The van der Waals surface area contributed by atoms with Crippen LogP contribution in [0.5, 0.6) is 0 Å². The van der Waals surface area contributed by atoms with Gasteiger partial charge in [-0.2, -0.15) is 0 Å². The minimum absolute atomic E-state index is 0.118. The molecule has 0 aliphatic carbocycles. The first-order valence-electron chi connectivity index (χ1n) is 6.92. The average Bonchev–Trinajstić information content (AvgIpc) is 2.49. The number of hydrogen-bond acceptors (Lipinski definition) is 2. The van der Waals surface area contributed by atoms with Crippen LogP contribution in [-0.4, -0.2) is 17.4 Å². The molecular weight excluding hydrogens is 248 g/mol. The van der Waals surface area contributed by atoms with E-state index >= 15 is 0 Å². The van der Waals surface area contributed by atoms with Crippen LogP contribution in [0.25, 0.3) is 0 Å². The van der Waals surface area contributed by atoms with Gasteiger partial charge < -0.3 is 5.32 Å². The normalized spacial score (nSPS) is 12.2. The van der Waals surface area contributed by atoms with Crippen molar-refractivity contribution in [1.29, 1.82) is 0 Å². The third-order valence-corrected chi connectivity index (χ3v) is 3.41. The molecule has 1 aromatic heterocycles. The van der Waals surface area contributed by atoms with Crippen molar-refractivity contribution in [3.63, 3.8) is 0 Å². The molecule has 0 unspecified atom stereocenters. The van der Waals surface area contributed by atoms with Crippen LogP contribution in [0.4, 0.5) is 0 Å². The Hall–Kier alpha value is -2.16. The van der Waals surface area contributed by atoms with Crippen molar-refractivity contribution >= 4 is 5.91 Å². The predicted octanol–water partition coefficient (Wildman–Crippen LogP) is 3.25. The minimum atomic E-state index is -0.118. The van der Waals surface area contributed by atoms with E-state index in [1.807, 2.05) is 24.3 Å². The van der Waals surface area contributed by atoms with Crippen molar-refractivity contribution < 1.29 is 4.79 Å². The molecule has 2 aromatic rings. The van der Waals surface area contributed by atoms with Gasteiger partial charge in [0.2, 0.25) is 0 Å². The van der Waals surface area contributed by atoms with Gasteiger partial charge in [0, 0.05) is 18.7 Å². The van der Waals surface area contributed by atoms with Gasteiger partial charge in [0.1, 0.15) is 5.69 Å². The number of carbonyl (C=O) groups is 1. The zero-order chi connectivity index (χ0) is 14.4. The highest BCUT2D eigenvalue weighted by Gasteiger charge is 2.17.